The van der Waals surface area contributed by atoms with Crippen LogP contribution in [0.1, 0.15) is 32.4 Å². The zero-order valence-electron chi connectivity index (χ0n) is 13.4. The molecule has 3 rings (SSSR count). The molecule has 0 radical (unpaired) electrons. The van der Waals surface area contributed by atoms with Crippen LogP contribution >= 0.6 is 11.3 Å². The van der Waals surface area contributed by atoms with Crippen molar-refractivity contribution in [2.75, 3.05) is 6.54 Å². The third kappa shape index (κ3) is 3.59. The molecule has 1 N–H and O–H groups in total. The van der Waals surface area contributed by atoms with E-state index in [4.69, 9.17) is 0 Å². The molecule has 1 unspecified atom stereocenters. The van der Waals surface area contributed by atoms with Crippen molar-refractivity contribution in [3.05, 3.63) is 35.6 Å². The smallest absolute Gasteiger partial charge is 0.228 e. The second kappa shape index (κ2) is 6.37. The van der Waals surface area contributed by atoms with E-state index in [0.29, 0.717) is 6.54 Å². The van der Waals surface area contributed by atoms with Crippen LogP contribution in [0.25, 0.3) is 10.6 Å². The molecule has 1 saturated heterocycles. The number of pyridine rings is 1. The number of hydrogen-bond donors (Lipinski definition) is 1. The maximum Gasteiger partial charge on any atom is 0.228 e. The van der Waals surface area contributed by atoms with Gasteiger partial charge in [-0.05, 0) is 38.8 Å². The third-order valence-electron chi connectivity index (χ3n) is 4.18. The Morgan fingerprint density at radius 3 is 3.04 bits per heavy atom. The predicted octanol–water partition coefficient (Wildman–Crippen LogP) is 2.51. The first-order chi connectivity index (χ1) is 10.9. The fourth-order valence-electron chi connectivity index (χ4n) is 3.07. The average molecular weight is 331 g/mol. The summed E-state index contributed by atoms with van der Waals surface area (Å²) in [4.78, 5) is 23.0. The van der Waals surface area contributed by atoms with Gasteiger partial charge in [0.15, 0.2) is 0 Å². The van der Waals surface area contributed by atoms with Gasteiger partial charge in [0.1, 0.15) is 5.01 Å². The number of amides is 1. The maximum absolute atomic E-state index is 12.6. The van der Waals surface area contributed by atoms with Crippen LogP contribution in [0.2, 0.25) is 0 Å². The number of likely N-dealkylation sites (tertiary alicyclic amines) is 1. The molecule has 1 aliphatic rings. The zero-order valence-corrected chi connectivity index (χ0v) is 14.2. The molecular weight excluding hydrogens is 310 g/mol. The quantitative estimate of drug-likeness (QED) is 0.935. The first kappa shape index (κ1) is 16.1. The number of aromatic nitrogens is 2. The Morgan fingerprint density at radius 2 is 2.35 bits per heavy atom. The number of carbonyl (C=O) groups excluding carboxylic acids is 1. The number of carbonyl (C=O) groups is 1. The van der Waals surface area contributed by atoms with Crippen molar-refractivity contribution in [2.24, 2.45) is 0 Å². The minimum Gasteiger partial charge on any atom is -0.388 e. The van der Waals surface area contributed by atoms with Crippen molar-refractivity contribution < 1.29 is 9.90 Å². The highest BCUT2D eigenvalue weighted by atomic mass is 32.1. The monoisotopic (exact) mass is 331 g/mol. The predicted molar refractivity (Wildman–Crippen MR) is 90.1 cm³/mol. The lowest BCUT2D eigenvalue weighted by molar-refractivity contribution is -0.135. The van der Waals surface area contributed by atoms with Crippen LogP contribution in [0.3, 0.4) is 0 Å². The van der Waals surface area contributed by atoms with Crippen molar-refractivity contribution in [2.45, 2.75) is 44.8 Å². The summed E-state index contributed by atoms with van der Waals surface area (Å²) in [5, 5.41) is 13.0. The van der Waals surface area contributed by atoms with Crippen LogP contribution in [-0.2, 0) is 11.2 Å². The van der Waals surface area contributed by atoms with Gasteiger partial charge in [0, 0.05) is 29.9 Å². The summed E-state index contributed by atoms with van der Waals surface area (Å²) in [7, 11) is 0. The fraction of sp³-hybridized carbons (Fsp3) is 0.471. The molecule has 2 aromatic heterocycles. The Kier molecular flexibility index (Phi) is 4.46. The highest BCUT2D eigenvalue weighted by Gasteiger charge is 2.38. The van der Waals surface area contributed by atoms with Gasteiger partial charge in [-0.15, -0.1) is 11.3 Å². The van der Waals surface area contributed by atoms with Crippen molar-refractivity contribution >= 4 is 17.2 Å². The molecule has 5 nitrogen and oxygen atoms in total. The topological polar surface area (TPSA) is 66.3 Å². The van der Waals surface area contributed by atoms with Crippen molar-refractivity contribution in [3.8, 4) is 10.6 Å². The van der Waals surface area contributed by atoms with E-state index in [1.807, 2.05) is 22.4 Å². The standard InChI is InChI=1S/C17H21N3O2S/c1-17(2,22)14-6-4-8-20(14)15(21)9-13-11-23-16(19-13)12-5-3-7-18-10-12/h3,5,7,10-11,14,22H,4,6,8-9H2,1-2H3. The van der Waals surface area contributed by atoms with Gasteiger partial charge in [0.05, 0.1) is 23.8 Å². The Labute approximate surface area is 140 Å². The first-order valence-corrected chi connectivity index (χ1v) is 8.70. The van der Waals surface area contributed by atoms with Gasteiger partial charge in [0.25, 0.3) is 0 Å². The second-order valence-corrected chi connectivity index (χ2v) is 7.32. The van der Waals surface area contributed by atoms with Gasteiger partial charge in [-0.1, -0.05) is 0 Å². The van der Waals surface area contributed by atoms with Crippen LogP contribution in [0.4, 0.5) is 0 Å². The molecule has 3 heterocycles. The summed E-state index contributed by atoms with van der Waals surface area (Å²) in [6.45, 7) is 4.26. The summed E-state index contributed by atoms with van der Waals surface area (Å²) < 4.78 is 0. The number of aliphatic hydroxyl groups is 1. The molecule has 0 saturated carbocycles. The second-order valence-electron chi connectivity index (χ2n) is 6.46. The van der Waals surface area contributed by atoms with Crippen LogP contribution in [-0.4, -0.2) is 44.1 Å². The van der Waals surface area contributed by atoms with Gasteiger partial charge in [0.2, 0.25) is 5.91 Å². The van der Waals surface area contributed by atoms with Crippen LogP contribution < -0.4 is 0 Å². The van der Waals surface area contributed by atoms with E-state index in [1.165, 1.54) is 11.3 Å². The summed E-state index contributed by atoms with van der Waals surface area (Å²) >= 11 is 1.52. The van der Waals surface area contributed by atoms with Crippen molar-refractivity contribution in [1.29, 1.82) is 0 Å². The Morgan fingerprint density at radius 1 is 1.52 bits per heavy atom. The minimum absolute atomic E-state index is 0.0395. The molecule has 2 aromatic rings. The normalized spacial score (nSPS) is 18.4. The molecule has 0 spiro atoms. The molecule has 1 atom stereocenters. The first-order valence-electron chi connectivity index (χ1n) is 7.82. The molecule has 6 heteroatoms. The van der Waals surface area contributed by atoms with E-state index < -0.39 is 5.60 Å². The Bertz CT molecular complexity index is 679. The minimum atomic E-state index is -0.866. The van der Waals surface area contributed by atoms with Crippen LogP contribution in [0.5, 0.6) is 0 Å². The molecule has 1 amide bonds. The van der Waals surface area contributed by atoms with E-state index in [0.717, 1.165) is 29.1 Å². The van der Waals surface area contributed by atoms with E-state index >= 15 is 0 Å². The summed E-state index contributed by atoms with van der Waals surface area (Å²) in [6, 6.07) is 3.73. The molecular formula is C17H21N3O2S. The molecule has 0 bridgehead atoms. The van der Waals surface area contributed by atoms with Gasteiger partial charge >= 0.3 is 0 Å². The Balaban J connectivity index is 1.70. The van der Waals surface area contributed by atoms with Crippen molar-refractivity contribution in [3.63, 3.8) is 0 Å². The summed E-state index contributed by atoms with van der Waals surface area (Å²) in [5.74, 6) is 0.0395. The fourth-order valence-corrected chi connectivity index (χ4v) is 3.88. The lowest BCUT2D eigenvalue weighted by Gasteiger charge is -2.33. The van der Waals surface area contributed by atoms with Crippen LogP contribution in [0, 0.1) is 0 Å². The lowest BCUT2D eigenvalue weighted by Crippen LogP contribution is -2.48. The largest absolute Gasteiger partial charge is 0.388 e. The Hall–Kier alpha value is -1.79. The third-order valence-corrected chi connectivity index (χ3v) is 5.12. The zero-order chi connectivity index (χ0) is 16.4. The highest BCUT2D eigenvalue weighted by Crippen LogP contribution is 2.28. The van der Waals surface area contributed by atoms with Crippen molar-refractivity contribution in [1.82, 2.24) is 14.9 Å². The number of thiazole rings is 1. The number of hydrogen-bond acceptors (Lipinski definition) is 5. The average Bonchev–Trinajstić information content (AvgIpc) is 3.16. The highest BCUT2D eigenvalue weighted by molar-refractivity contribution is 7.13. The van der Waals surface area contributed by atoms with E-state index in [-0.39, 0.29) is 18.4 Å². The van der Waals surface area contributed by atoms with Crippen LogP contribution in [0.15, 0.2) is 29.9 Å². The number of nitrogens with zero attached hydrogens (tertiary/aromatic N) is 3. The molecule has 122 valence electrons. The molecule has 0 aliphatic carbocycles. The SMILES string of the molecule is CC(C)(O)C1CCCN1C(=O)Cc1csc(-c2cccnc2)n1. The molecule has 23 heavy (non-hydrogen) atoms. The molecule has 0 aromatic carbocycles. The van der Waals surface area contributed by atoms with E-state index in [9.17, 15) is 9.90 Å². The lowest BCUT2D eigenvalue weighted by atomic mass is 9.96. The summed E-state index contributed by atoms with van der Waals surface area (Å²) in [5.41, 5.74) is 0.877. The van der Waals surface area contributed by atoms with Gasteiger partial charge < -0.3 is 10.0 Å². The van der Waals surface area contributed by atoms with Gasteiger partial charge in [-0.2, -0.15) is 0 Å². The summed E-state index contributed by atoms with van der Waals surface area (Å²) in [6.07, 6.45) is 5.58. The number of rotatable bonds is 4. The van der Waals surface area contributed by atoms with E-state index in [1.54, 1.807) is 26.2 Å². The van der Waals surface area contributed by atoms with E-state index in [2.05, 4.69) is 9.97 Å². The van der Waals surface area contributed by atoms with Gasteiger partial charge in [-0.25, -0.2) is 4.98 Å². The molecule has 1 fully saturated rings. The molecule has 1 aliphatic heterocycles. The van der Waals surface area contributed by atoms with Gasteiger partial charge in [-0.3, -0.25) is 9.78 Å². The maximum atomic E-state index is 12.6.